The van der Waals surface area contributed by atoms with Gasteiger partial charge in [0.15, 0.2) is 0 Å². The van der Waals surface area contributed by atoms with Crippen LogP contribution in [0.3, 0.4) is 0 Å². The number of nitrogens with zero attached hydrogens (tertiary/aromatic N) is 1. The Morgan fingerprint density at radius 2 is 2.25 bits per heavy atom. The van der Waals surface area contributed by atoms with Crippen molar-refractivity contribution in [1.29, 1.82) is 0 Å². The molecule has 1 heterocycles. The summed E-state index contributed by atoms with van der Waals surface area (Å²) in [5, 5.41) is 0.637. The van der Waals surface area contributed by atoms with Crippen LogP contribution in [0.5, 0.6) is 0 Å². The largest absolute Gasteiger partial charge is 0.337 e. The van der Waals surface area contributed by atoms with Gasteiger partial charge in [-0.1, -0.05) is 17.7 Å². The number of carbonyl (C=O) groups is 1. The third kappa shape index (κ3) is 1.97. The van der Waals surface area contributed by atoms with Crippen LogP contribution in [0, 0.1) is 0 Å². The molecule has 2 atom stereocenters. The highest BCUT2D eigenvalue weighted by Gasteiger charge is 2.36. The fourth-order valence-electron chi connectivity index (χ4n) is 2.07. The molecule has 3 nitrogen and oxygen atoms in total. The highest BCUT2D eigenvalue weighted by atomic mass is 79.9. The molecular weight excluding hydrogens is 291 g/mol. The number of amides is 1. The van der Waals surface area contributed by atoms with Crippen LogP contribution in [0.2, 0.25) is 5.02 Å². The minimum absolute atomic E-state index is 0.0712. The van der Waals surface area contributed by atoms with E-state index in [1.165, 1.54) is 0 Å². The first-order valence-electron chi connectivity index (χ1n) is 4.97. The van der Waals surface area contributed by atoms with E-state index < -0.39 is 0 Å². The van der Waals surface area contributed by atoms with E-state index in [2.05, 4.69) is 15.9 Å². The topological polar surface area (TPSA) is 46.3 Å². The molecule has 0 spiro atoms. The molecule has 0 radical (unpaired) electrons. The number of likely N-dealkylation sites (N-methyl/N-ethyl adjacent to an activating group) is 1. The molecule has 5 heteroatoms. The SMILES string of the molecule is CN1C(=O)CC(N)C1c1ccc(Br)c(Cl)c1. The maximum atomic E-state index is 11.5. The molecule has 86 valence electrons. The summed E-state index contributed by atoms with van der Waals surface area (Å²) in [7, 11) is 1.77. The monoisotopic (exact) mass is 302 g/mol. The van der Waals surface area contributed by atoms with Crippen molar-refractivity contribution in [2.45, 2.75) is 18.5 Å². The summed E-state index contributed by atoms with van der Waals surface area (Å²) >= 11 is 9.37. The lowest BCUT2D eigenvalue weighted by Crippen LogP contribution is -2.30. The van der Waals surface area contributed by atoms with Crippen LogP contribution in [0.25, 0.3) is 0 Å². The Labute approximate surface area is 108 Å². The Bertz CT molecular complexity index is 438. The molecule has 0 saturated carbocycles. The van der Waals surface area contributed by atoms with Gasteiger partial charge >= 0.3 is 0 Å². The maximum absolute atomic E-state index is 11.5. The van der Waals surface area contributed by atoms with Crippen molar-refractivity contribution in [3.8, 4) is 0 Å². The van der Waals surface area contributed by atoms with Crippen LogP contribution >= 0.6 is 27.5 Å². The van der Waals surface area contributed by atoms with Gasteiger partial charge in [0, 0.05) is 24.0 Å². The summed E-state index contributed by atoms with van der Waals surface area (Å²) in [5.41, 5.74) is 6.94. The molecule has 2 unspecified atom stereocenters. The van der Waals surface area contributed by atoms with Crippen LogP contribution in [-0.2, 0) is 4.79 Å². The lowest BCUT2D eigenvalue weighted by atomic mass is 10.0. The van der Waals surface area contributed by atoms with Crippen molar-refractivity contribution in [3.05, 3.63) is 33.3 Å². The first-order valence-corrected chi connectivity index (χ1v) is 6.14. The van der Waals surface area contributed by atoms with Crippen molar-refractivity contribution >= 4 is 33.4 Å². The lowest BCUT2D eigenvalue weighted by molar-refractivity contribution is -0.127. The molecule has 1 aliphatic heterocycles. The average molecular weight is 304 g/mol. The number of rotatable bonds is 1. The third-order valence-corrected chi connectivity index (χ3v) is 4.14. The van der Waals surface area contributed by atoms with Gasteiger partial charge in [-0.15, -0.1) is 0 Å². The fraction of sp³-hybridized carbons (Fsp3) is 0.364. The van der Waals surface area contributed by atoms with Crippen LogP contribution in [0.15, 0.2) is 22.7 Å². The molecule has 1 aliphatic rings. The highest BCUT2D eigenvalue weighted by molar-refractivity contribution is 9.10. The molecule has 0 aliphatic carbocycles. The zero-order valence-electron chi connectivity index (χ0n) is 8.78. The molecule has 1 saturated heterocycles. The fourth-order valence-corrected chi connectivity index (χ4v) is 2.50. The second-order valence-electron chi connectivity index (χ2n) is 3.99. The van der Waals surface area contributed by atoms with Gasteiger partial charge in [-0.25, -0.2) is 0 Å². The number of carbonyl (C=O) groups excluding carboxylic acids is 1. The van der Waals surface area contributed by atoms with Crippen molar-refractivity contribution < 1.29 is 4.79 Å². The molecule has 1 aromatic rings. The van der Waals surface area contributed by atoms with E-state index in [9.17, 15) is 4.79 Å². The van der Waals surface area contributed by atoms with Crippen molar-refractivity contribution in [1.82, 2.24) is 4.90 Å². The standard InChI is InChI=1S/C11H12BrClN2O/c1-15-10(16)5-9(14)11(15)6-2-3-7(12)8(13)4-6/h2-4,9,11H,5,14H2,1H3. The highest BCUT2D eigenvalue weighted by Crippen LogP contribution is 2.33. The minimum Gasteiger partial charge on any atom is -0.337 e. The van der Waals surface area contributed by atoms with Gasteiger partial charge < -0.3 is 10.6 Å². The summed E-state index contributed by atoms with van der Waals surface area (Å²) in [4.78, 5) is 13.2. The Balaban J connectivity index is 2.37. The van der Waals surface area contributed by atoms with E-state index in [1.807, 2.05) is 18.2 Å². The smallest absolute Gasteiger partial charge is 0.224 e. The van der Waals surface area contributed by atoms with Crippen LogP contribution < -0.4 is 5.73 Å². The quantitative estimate of drug-likeness (QED) is 0.865. The van der Waals surface area contributed by atoms with E-state index in [1.54, 1.807) is 11.9 Å². The molecule has 1 amide bonds. The van der Waals surface area contributed by atoms with E-state index in [0.717, 1.165) is 10.0 Å². The lowest BCUT2D eigenvalue weighted by Gasteiger charge is -2.23. The third-order valence-electron chi connectivity index (χ3n) is 2.91. The van der Waals surface area contributed by atoms with E-state index in [4.69, 9.17) is 17.3 Å². The summed E-state index contributed by atoms with van der Waals surface area (Å²) in [5.74, 6) is 0.0801. The predicted molar refractivity (Wildman–Crippen MR) is 67.3 cm³/mol. The molecule has 16 heavy (non-hydrogen) atoms. The van der Waals surface area contributed by atoms with E-state index in [0.29, 0.717) is 11.4 Å². The maximum Gasteiger partial charge on any atom is 0.224 e. The Hall–Kier alpha value is -0.580. The van der Waals surface area contributed by atoms with Crippen molar-refractivity contribution in [2.24, 2.45) is 5.73 Å². The number of hydrogen-bond donors (Lipinski definition) is 1. The Morgan fingerprint density at radius 3 is 2.75 bits per heavy atom. The molecule has 1 fully saturated rings. The van der Waals surface area contributed by atoms with E-state index >= 15 is 0 Å². The summed E-state index contributed by atoms with van der Waals surface area (Å²) in [6.45, 7) is 0. The minimum atomic E-state index is -0.158. The molecule has 0 bridgehead atoms. The van der Waals surface area contributed by atoms with Crippen LogP contribution in [0.1, 0.15) is 18.0 Å². The van der Waals surface area contributed by atoms with Gasteiger partial charge in [0.05, 0.1) is 11.1 Å². The molecule has 1 aromatic carbocycles. The van der Waals surface area contributed by atoms with Crippen LogP contribution in [-0.4, -0.2) is 23.9 Å². The number of hydrogen-bond acceptors (Lipinski definition) is 2. The van der Waals surface area contributed by atoms with Gasteiger partial charge in [0.2, 0.25) is 5.91 Å². The molecule has 2 N–H and O–H groups in total. The Morgan fingerprint density at radius 1 is 1.56 bits per heavy atom. The zero-order valence-corrected chi connectivity index (χ0v) is 11.1. The second-order valence-corrected chi connectivity index (χ2v) is 5.25. The van der Waals surface area contributed by atoms with Crippen LogP contribution in [0.4, 0.5) is 0 Å². The predicted octanol–water partition coefficient (Wildman–Crippen LogP) is 2.33. The van der Waals surface area contributed by atoms with Gasteiger partial charge in [-0.2, -0.15) is 0 Å². The van der Waals surface area contributed by atoms with Crippen molar-refractivity contribution in [2.75, 3.05) is 7.05 Å². The zero-order chi connectivity index (χ0) is 11.9. The molecular formula is C11H12BrClN2O. The average Bonchev–Trinajstić information content (AvgIpc) is 2.47. The first kappa shape index (κ1) is 11.9. The van der Waals surface area contributed by atoms with E-state index in [-0.39, 0.29) is 18.0 Å². The number of nitrogens with two attached hydrogens (primary N) is 1. The van der Waals surface area contributed by atoms with Gasteiger partial charge in [0.1, 0.15) is 0 Å². The number of halogens is 2. The summed E-state index contributed by atoms with van der Waals surface area (Å²) in [6, 6.07) is 5.44. The summed E-state index contributed by atoms with van der Waals surface area (Å²) < 4.78 is 0.846. The second kappa shape index (κ2) is 4.35. The van der Waals surface area contributed by atoms with Gasteiger partial charge in [0.25, 0.3) is 0 Å². The number of likely N-dealkylation sites (tertiary alicyclic amines) is 1. The summed E-state index contributed by atoms with van der Waals surface area (Å²) in [6.07, 6.45) is 0.398. The molecule has 0 aromatic heterocycles. The Kier molecular flexibility index (Phi) is 3.24. The van der Waals surface area contributed by atoms with Crippen molar-refractivity contribution in [3.63, 3.8) is 0 Å². The first-order chi connectivity index (χ1) is 7.50. The normalized spacial score (nSPS) is 25.2. The molecule has 2 rings (SSSR count). The van der Waals surface area contributed by atoms with Gasteiger partial charge in [-0.3, -0.25) is 4.79 Å². The van der Waals surface area contributed by atoms with Gasteiger partial charge in [-0.05, 0) is 33.6 Å². The number of benzene rings is 1.